The number of thiazole rings is 1. The van der Waals surface area contributed by atoms with Gasteiger partial charge in [-0.3, -0.25) is 0 Å². The quantitative estimate of drug-likeness (QED) is 0.887. The van der Waals surface area contributed by atoms with Gasteiger partial charge in [0.05, 0.1) is 6.04 Å². The van der Waals surface area contributed by atoms with Crippen molar-refractivity contribution in [2.75, 3.05) is 0 Å². The molecule has 1 saturated carbocycles. The SMILES string of the molecule is CC(N[C@@H]1CCCC[C@H]1NC(=O)OC(C)(C)C)c1nccs1. The Morgan fingerprint density at radius 2 is 2.05 bits per heavy atom. The standard InChI is InChI=1S/C16H27N3O2S/c1-11(14-17-9-10-22-14)18-12-7-5-6-8-13(12)19-15(20)21-16(2,3)4/h9-13,18H,5-8H2,1-4H3,(H,19,20)/t11?,12-,13-/m1/s1. The lowest BCUT2D eigenvalue weighted by Gasteiger charge is -2.35. The molecule has 0 bridgehead atoms. The summed E-state index contributed by atoms with van der Waals surface area (Å²) in [4.78, 5) is 16.4. The second-order valence-electron chi connectivity index (χ2n) is 6.90. The maximum absolute atomic E-state index is 12.0. The molecule has 3 atom stereocenters. The fourth-order valence-electron chi connectivity index (χ4n) is 2.80. The molecular formula is C16H27N3O2S. The van der Waals surface area contributed by atoms with Crippen molar-refractivity contribution >= 4 is 17.4 Å². The van der Waals surface area contributed by atoms with Crippen molar-refractivity contribution < 1.29 is 9.53 Å². The summed E-state index contributed by atoms with van der Waals surface area (Å²) in [7, 11) is 0. The first-order valence-electron chi connectivity index (χ1n) is 8.00. The zero-order chi connectivity index (χ0) is 16.2. The number of carbonyl (C=O) groups is 1. The van der Waals surface area contributed by atoms with E-state index in [0.717, 1.165) is 24.3 Å². The molecule has 2 N–H and O–H groups in total. The first-order chi connectivity index (χ1) is 10.3. The summed E-state index contributed by atoms with van der Waals surface area (Å²) >= 11 is 1.66. The monoisotopic (exact) mass is 325 g/mol. The van der Waals surface area contributed by atoms with E-state index in [4.69, 9.17) is 4.74 Å². The zero-order valence-corrected chi connectivity index (χ0v) is 14.7. The van der Waals surface area contributed by atoms with Gasteiger partial charge in [0.1, 0.15) is 10.6 Å². The van der Waals surface area contributed by atoms with Crippen molar-refractivity contribution in [3.63, 3.8) is 0 Å². The smallest absolute Gasteiger partial charge is 0.407 e. The van der Waals surface area contributed by atoms with Gasteiger partial charge in [0.15, 0.2) is 0 Å². The highest BCUT2D eigenvalue weighted by Gasteiger charge is 2.29. The van der Waals surface area contributed by atoms with E-state index in [-0.39, 0.29) is 24.2 Å². The highest BCUT2D eigenvalue weighted by molar-refractivity contribution is 7.09. The Kier molecular flexibility index (Phi) is 5.81. The fourth-order valence-corrected chi connectivity index (χ4v) is 3.46. The molecule has 0 spiro atoms. The van der Waals surface area contributed by atoms with Gasteiger partial charge in [0.25, 0.3) is 0 Å². The molecule has 1 aliphatic rings. The predicted octanol–water partition coefficient (Wildman–Crippen LogP) is 3.63. The molecule has 1 aliphatic carbocycles. The van der Waals surface area contributed by atoms with Crippen molar-refractivity contribution in [1.82, 2.24) is 15.6 Å². The Labute approximate surface area is 136 Å². The molecule has 0 saturated heterocycles. The third-order valence-corrected chi connectivity index (χ3v) is 4.71. The molecule has 1 aromatic heterocycles. The number of ether oxygens (including phenoxy) is 1. The Morgan fingerprint density at radius 1 is 1.36 bits per heavy atom. The second kappa shape index (κ2) is 7.42. The van der Waals surface area contributed by atoms with Gasteiger partial charge in [-0.1, -0.05) is 12.8 Å². The second-order valence-corrected chi connectivity index (χ2v) is 7.83. The first-order valence-corrected chi connectivity index (χ1v) is 8.88. The van der Waals surface area contributed by atoms with Crippen LogP contribution in [0.2, 0.25) is 0 Å². The number of carbonyl (C=O) groups excluding carboxylic acids is 1. The molecule has 2 rings (SSSR count). The summed E-state index contributed by atoms with van der Waals surface area (Å²) in [6.07, 6.45) is 5.89. The van der Waals surface area contributed by atoms with Crippen LogP contribution in [-0.4, -0.2) is 28.8 Å². The summed E-state index contributed by atoms with van der Waals surface area (Å²) in [5.41, 5.74) is -0.462. The highest BCUT2D eigenvalue weighted by Crippen LogP contribution is 2.23. The molecule has 0 aromatic carbocycles. The van der Waals surface area contributed by atoms with Gasteiger partial charge in [-0.25, -0.2) is 9.78 Å². The summed E-state index contributed by atoms with van der Waals surface area (Å²) in [6.45, 7) is 7.77. The van der Waals surface area contributed by atoms with E-state index in [0.29, 0.717) is 0 Å². The minimum absolute atomic E-state index is 0.117. The van der Waals surface area contributed by atoms with Gasteiger partial charge in [-0.15, -0.1) is 11.3 Å². The maximum atomic E-state index is 12.0. The third-order valence-electron chi connectivity index (χ3n) is 3.75. The van der Waals surface area contributed by atoms with Crippen LogP contribution in [0.3, 0.4) is 0 Å². The van der Waals surface area contributed by atoms with Crippen molar-refractivity contribution in [1.29, 1.82) is 0 Å². The molecule has 1 aromatic rings. The normalized spacial score (nSPS) is 23.8. The third kappa shape index (κ3) is 5.25. The lowest BCUT2D eigenvalue weighted by Crippen LogP contribution is -2.53. The molecule has 1 unspecified atom stereocenters. The average molecular weight is 325 g/mol. The Bertz CT molecular complexity index is 470. The number of nitrogens with one attached hydrogen (secondary N) is 2. The lowest BCUT2D eigenvalue weighted by atomic mass is 9.90. The first kappa shape index (κ1) is 17.2. The number of rotatable bonds is 4. The van der Waals surface area contributed by atoms with Crippen molar-refractivity contribution in [3.8, 4) is 0 Å². The topological polar surface area (TPSA) is 63.2 Å². The minimum atomic E-state index is -0.462. The number of alkyl carbamates (subject to hydrolysis) is 1. The van der Waals surface area contributed by atoms with E-state index < -0.39 is 5.60 Å². The number of amides is 1. The van der Waals surface area contributed by atoms with E-state index in [1.807, 2.05) is 32.3 Å². The van der Waals surface area contributed by atoms with E-state index in [1.54, 1.807) is 11.3 Å². The van der Waals surface area contributed by atoms with Crippen molar-refractivity contribution in [2.24, 2.45) is 0 Å². The Morgan fingerprint density at radius 3 is 2.64 bits per heavy atom. The molecule has 1 fully saturated rings. The van der Waals surface area contributed by atoms with Gasteiger partial charge >= 0.3 is 6.09 Å². The molecule has 0 aliphatic heterocycles. The maximum Gasteiger partial charge on any atom is 0.407 e. The molecule has 0 radical (unpaired) electrons. The molecule has 1 amide bonds. The summed E-state index contributed by atoms with van der Waals surface area (Å²) < 4.78 is 5.38. The van der Waals surface area contributed by atoms with E-state index >= 15 is 0 Å². The van der Waals surface area contributed by atoms with Gasteiger partial charge in [0, 0.05) is 23.7 Å². The van der Waals surface area contributed by atoms with Crippen LogP contribution in [0.15, 0.2) is 11.6 Å². The lowest BCUT2D eigenvalue weighted by molar-refractivity contribution is 0.0477. The van der Waals surface area contributed by atoms with Crippen LogP contribution in [-0.2, 0) is 4.74 Å². The molecule has 5 nitrogen and oxygen atoms in total. The fraction of sp³-hybridized carbons (Fsp3) is 0.750. The average Bonchev–Trinajstić information content (AvgIpc) is 2.92. The number of hydrogen-bond donors (Lipinski definition) is 2. The highest BCUT2D eigenvalue weighted by atomic mass is 32.1. The van der Waals surface area contributed by atoms with Gasteiger partial charge in [-0.2, -0.15) is 0 Å². The molecule has 124 valence electrons. The van der Waals surface area contributed by atoms with Crippen LogP contribution in [0, 0.1) is 0 Å². The summed E-state index contributed by atoms with van der Waals surface area (Å²) in [6, 6.07) is 0.581. The molecule has 6 heteroatoms. The van der Waals surface area contributed by atoms with Crippen LogP contribution in [0.4, 0.5) is 4.79 Å². The molecule has 22 heavy (non-hydrogen) atoms. The van der Waals surface area contributed by atoms with Crippen LogP contribution in [0.5, 0.6) is 0 Å². The van der Waals surface area contributed by atoms with E-state index in [9.17, 15) is 4.79 Å². The number of hydrogen-bond acceptors (Lipinski definition) is 5. The summed E-state index contributed by atoms with van der Waals surface area (Å²) in [5.74, 6) is 0. The molecular weight excluding hydrogens is 298 g/mol. The van der Waals surface area contributed by atoms with Crippen LogP contribution in [0.25, 0.3) is 0 Å². The van der Waals surface area contributed by atoms with Gasteiger partial charge in [-0.05, 0) is 40.5 Å². The van der Waals surface area contributed by atoms with Crippen LogP contribution in [0.1, 0.15) is 64.4 Å². The Balaban J connectivity index is 1.92. The number of nitrogens with zero attached hydrogens (tertiary/aromatic N) is 1. The molecule has 1 heterocycles. The van der Waals surface area contributed by atoms with Crippen LogP contribution >= 0.6 is 11.3 Å². The Hall–Kier alpha value is -1.14. The van der Waals surface area contributed by atoms with Crippen LogP contribution < -0.4 is 10.6 Å². The minimum Gasteiger partial charge on any atom is -0.444 e. The largest absolute Gasteiger partial charge is 0.444 e. The van der Waals surface area contributed by atoms with E-state index in [1.165, 1.54) is 6.42 Å². The summed E-state index contributed by atoms with van der Waals surface area (Å²) in [5, 5.41) is 9.73. The zero-order valence-electron chi connectivity index (χ0n) is 13.9. The van der Waals surface area contributed by atoms with Crippen molar-refractivity contribution in [2.45, 2.75) is 77.1 Å². The predicted molar refractivity (Wildman–Crippen MR) is 89.1 cm³/mol. The van der Waals surface area contributed by atoms with Gasteiger partial charge in [0.2, 0.25) is 0 Å². The van der Waals surface area contributed by atoms with Gasteiger partial charge < -0.3 is 15.4 Å². The van der Waals surface area contributed by atoms with Crippen molar-refractivity contribution in [3.05, 3.63) is 16.6 Å². The van der Waals surface area contributed by atoms with E-state index in [2.05, 4.69) is 22.5 Å². The number of aromatic nitrogens is 1.